The van der Waals surface area contributed by atoms with Gasteiger partial charge in [-0.25, -0.2) is 0 Å². The highest BCUT2D eigenvalue weighted by Gasteiger charge is 2.35. The van der Waals surface area contributed by atoms with Crippen LogP contribution in [0.2, 0.25) is 5.02 Å². The summed E-state index contributed by atoms with van der Waals surface area (Å²) < 4.78 is 17.4. The smallest absolute Gasteiger partial charge is 0.308 e. The Hall–Kier alpha value is -2.76. The topological polar surface area (TPSA) is 48.0 Å². The Morgan fingerprint density at radius 2 is 2.00 bits per heavy atom. The van der Waals surface area contributed by atoms with Crippen molar-refractivity contribution >= 4 is 23.1 Å². The zero-order valence-corrected chi connectivity index (χ0v) is 18.7. The van der Waals surface area contributed by atoms with E-state index in [1.807, 2.05) is 50.4 Å². The van der Waals surface area contributed by atoms with Crippen LogP contribution in [0.1, 0.15) is 36.1 Å². The van der Waals surface area contributed by atoms with E-state index in [1.54, 1.807) is 7.11 Å². The summed E-state index contributed by atoms with van der Waals surface area (Å²) in [5.74, 6) is 0.477. The summed E-state index contributed by atoms with van der Waals surface area (Å²) in [6.45, 7) is 2.90. The molecule has 2 aliphatic rings. The van der Waals surface area contributed by atoms with Gasteiger partial charge in [-0.1, -0.05) is 35.9 Å². The Morgan fingerprint density at radius 1 is 1.23 bits per heavy atom. The fourth-order valence-electron chi connectivity index (χ4n) is 4.10. The highest BCUT2D eigenvalue weighted by molar-refractivity contribution is 6.30. The monoisotopic (exact) mass is 439 g/mol. The molecule has 5 nitrogen and oxygen atoms in total. The molecule has 2 unspecified atom stereocenters. The molecule has 2 aromatic rings. The van der Waals surface area contributed by atoms with E-state index in [9.17, 15) is 4.79 Å². The number of methoxy groups -OCH3 is 1. The number of hydrogen-bond acceptors (Lipinski definition) is 5. The van der Waals surface area contributed by atoms with Gasteiger partial charge in [0.25, 0.3) is 0 Å². The average molecular weight is 440 g/mol. The van der Waals surface area contributed by atoms with Crippen molar-refractivity contribution in [3.8, 4) is 5.75 Å². The van der Waals surface area contributed by atoms with E-state index < -0.39 is 6.10 Å². The quantitative estimate of drug-likeness (QED) is 0.613. The molecule has 0 aliphatic carbocycles. The molecule has 0 amide bonds. The van der Waals surface area contributed by atoms with Crippen molar-refractivity contribution in [1.29, 1.82) is 0 Å². The van der Waals surface area contributed by atoms with Crippen LogP contribution in [0, 0.1) is 0 Å². The van der Waals surface area contributed by atoms with Crippen LogP contribution in [0.3, 0.4) is 0 Å². The molecule has 6 heteroatoms. The molecular formula is C25H26ClNO4. The van der Waals surface area contributed by atoms with Crippen molar-refractivity contribution in [2.24, 2.45) is 0 Å². The third-order valence-electron chi connectivity index (χ3n) is 5.57. The lowest BCUT2D eigenvalue weighted by Gasteiger charge is -2.27. The first-order valence-electron chi connectivity index (χ1n) is 10.4. The number of halogens is 1. The molecule has 162 valence electrons. The minimum atomic E-state index is -0.432. The number of likely N-dealkylation sites (N-methyl/N-ethyl adjacent to an activating group) is 1. The first kappa shape index (κ1) is 21.5. The second-order valence-corrected chi connectivity index (χ2v) is 8.10. The lowest BCUT2D eigenvalue weighted by Crippen LogP contribution is -2.26. The van der Waals surface area contributed by atoms with E-state index in [4.69, 9.17) is 25.8 Å². The molecule has 2 aromatic carbocycles. The van der Waals surface area contributed by atoms with Gasteiger partial charge in [0, 0.05) is 30.4 Å². The maximum Gasteiger partial charge on any atom is 0.308 e. The Morgan fingerprint density at radius 3 is 2.71 bits per heavy atom. The number of fused-ring (bicyclic) bond motifs is 3. The molecule has 2 heterocycles. The number of hydrogen-bond donors (Lipinski definition) is 0. The fraction of sp³-hybridized carbons (Fsp3) is 0.320. The van der Waals surface area contributed by atoms with Crippen LogP contribution < -0.4 is 4.74 Å². The summed E-state index contributed by atoms with van der Waals surface area (Å²) in [5, 5.41) is 0.659. The van der Waals surface area contributed by atoms with E-state index in [0.29, 0.717) is 11.6 Å². The molecular weight excluding hydrogens is 414 g/mol. The van der Waals surface area contributed by atoms with Crippen molar-refractivity contribution in [1.82, 2.24) is 4.90 Å². The van der Waals surface area contributed by atoms with Gasteiger partial charge in [0.2, 0.25) is 0 Å². The van der Waals surface area contributed by atoms with Gasteiger partial charge in [0.1, 0.15) is 11.9 Å². The first-order chi connectivity index (χ1) is 15.0. The third kappa shape index (κ3) is 4.48. The summed E-state index contributed by atoms with van der Waals surface area (Å²) in [7, 11) is 3.69. The summed E-state index contributed by atoms with van der Waals surface area (Å²) in [6, 6.07) is 13.6. The molecule has 2 aliphatic heterocycles. The molecule has 0 saturated carbocycles. The molecule has 0 radical (unpaired) electrons. The van der Waals surface area contributed by atoms with Gasteiger partial charge < -0.3 is 19.1 Å². The van der Waals surface area contributed by atoms with Crippen LogP contribution in [-0.4, -0.2) is 44.3 Å². The molecule has 2 atom stereocenters. The minimum absolute atomic E-state index is 0.149. The molecule has 31 heavy (non-hydrogen) atoms. The highest BCUT2D eigenvalue weighted by Crippen LogP contribution is 2.44. The number of esters is 1. The standard InChI is InChI=1S/C25H26ClNO4/c1-4-30-24(28)14-23-20-11-12-27(2)15-22(20)19-10-9-18(29-3)13-21(19)25(31-23)16-5-7-17(26)8-6-16/h5-11,13,15,23,25H,4,12,14H2,1-3H3. The molecule has 0 N–H and O–H groups in total. The van der Waals surface area contributed by atoms with Gasteiger partial charge in [-0.05, 0) is 53.5 Å². The van der Waals surface area contributed by atoms with Crippen molar-refractivity contribution in [2.45, 2.75) is 25.6 Å². The van der Waals surface area contributed by atoms with Gasteiger partial charge in [-0.3, -0.25) is 4.79 Å². The van der Waals surface area contributed by atoms with Crippen molar-refractivity contribution < 1.29 is 19.0 Å². The lowest BCUT2D eigenvalue weighted by molar-refractivity contribution is -0.146. The Balaban J connectivity index is 1.87. The maximum absolute atomic E-state index is 12.4. The van der Waals surface area contributed by atoms with Crippen LogP contribution >= 0.6 is 11.6 Å². The maximum atomic E-state index is 12.4. The molecule has 0 saturated heterocycles. The van der Waals surface area contributed by atoms with E-state index in [0.717, 1.165) is 40.1 Å². The van der Waals surface area contributed by atoms with Crippen molar-refractivity contribution in [3.05, 3.63) is 82.0 Å². The fourth-order valence-corrected chi connectivity index (χ4v) is 4.22. The zero-order valence-electron chi connectivity index (χ0n) is 17.9. The largest absolute Gasteiger partial charge is 0.497 e. The van der Waals surface area contributed by atoms with Crippen LogP contribution in [0.4, 0.5) is 0 Å². The predicted octanol–water partition coefficient (Wildman–Crippen LogP) is 5.00. The highest BCUT2D eigenvalue weighted by atomic mass is 35.5. The second-order valence-electron chi connectivity index (χ2n) is 7.66. The molecule has 0 fully saturated rings. The van der Waals surface area contributed by atoms with Crippen molar-refractivity contribution in [2.75, 3.05) is 27.3 Å². The normalized spacial score (nSPS) is 20.1. The third-order valence-corrected chi connectivity index (χ3v) is 5.82. The van der Waals surface area contributed by atoms with Crippen LogP contribution in [0.25, 0.3) is 5.57 Å². The van der Waals surface area contributed by atoms with Crippen LogP contribution in [-0.2, 0) is 14.3 Å². The minimum Gasteiger partial charge on any atom is -0.497 e. The summed E-state index contributed by atoms with van der Waals surface area (Å²) in [5.41, 5.74) is 5.07. The van der Waals surface area contributed by atoms with E-state index in [1.165, 1.54) is 0 Å². The summed E-state index contributed by atoms with van der Waals surface area (Å²) >= 11 is 6.13. The zero-order chi connectivity index (χ0) is 22.0. The summed E-state index contributed by atoms with van der Waals surface area (Å²) in [4.78, 5) is 14.5. The van der Waals surface area contributed by atoms with Gasteiger partial charge in [-0.15, -0.1) is 0 Å². The van der Waals surface area contributed by atoms with Crippen molar-refractivity contribution in [3.63, 3.8) is 0 Å². The lowest BCUT2D eigenvalue weighted by atomic mass is 9.88. The van der Waals surface area contributed by atoms with Crippen LogP contribution in [0.15, 0.2) is 60.3 Å². The average Bonchev–Trinajstić information content (AvgIpc) is 2.89. The SMILES string of the molecule is CCOC(=O)CC1OC(c2ccc(Cl)cc2)c2cc(OC)ccc2C2=CN(C)CC=C21. The number of nitrogens with zero attached hydrogens (tertiary/aromatic N) is 1. The van der Waals surface area contributed by atoms with Gasteiger partial charge in [0.15, 0.2) is 0 Å². The number of ether oxygens (including phenoxy) is 3. The number of carbonyl (C=O) groups excluding carboxylic acids is 1. The van der Waals surface area contributed by atoms with E-state index >= 15 is 0 Å². The summed E-state index contributed by atoms with van der Waals surface area (Å²) in [6.07, 6.45) is 3.58. The number of benzene rings is 2. The second kappa shape index (κ2) is 9.16. The Labute approximate surface area is 187 Å². The number of carbonyl (C=O) groups is 1. The molecule has 0 bridgehead atoms. The predicted molar refractivity (Wildman–Crippen MR) is 121 cm³/mol. The van der Waals surface area contributed by atoms with Crippen LogP contribution in [0.5, 0.6) is 5.75 Å². The van der Waals surface area contributed by atoms with Gasteiger partial charge in [-0.2, -0.15) is 0 Å². The molecule has 4 rings (SSSR count). The van der Waals surface area contributed by atoms with Gasteiger partial charge >= 0.3 is 5.97 Å². The van der Waals surface area contributed by atoms with Gasteiger partial charge in [0.05, 0.1) is 26.2 Å². The first-order valence-corrected chi connectivity index (χ1v) is 10.7. The Kier molecular flexibility index (Phi) is 6.35. The van der Waals surface area contributed by atoms with E-state index in [2.05, 4.69) is 23.2 Å². The van der Waals surface area contributed by atoms with E-state index in [-0.39, 0.29) is 18.5 Å². The number of rotatable bonds is 5. The molecule has 0 aromatic heterocycles. The Bertz CT molecular complexity index is 1030. The molecule has 0 spiro atoms.